The van der Waals surface area contributed by atoms with Crippen molar-refractivity contribution in [2.75, 3.05) is 4.90 Å². The van der Waals surface area contributed by atoms with Gasteiger partial charge in [-0.05, 0) is 12.1 Å². The van der Waals surface area contributed by atoms with Gasteiger partial charge in [0.25, 0.3) is 0 Å². The standard InChI is InChI=1S/C10H10Br2N2O2/c1-6(15)14(7(2)16)9-5-3-4-8(13-9)10(11)12/h3-5,10H,1-2H3. The van der Waals surface area contributed by atoms with E-state index in [-0.39, 0.29) is 15.6 Å². The molecule has 0 aliphatic heterocycles. The Morgan fingerprint density at radius 2 is 1.81 bits per heavy atom. The number of carbonyl (C=O) groups excluding carboxylic acids is 2. The molecule has 16 heavy (non-hydrogen) atoms. The van der Waals surface area contributed by atoms with Gasteiger partial charge in [0.15, 0.2) is 0 Å². The van der Waals surface area contributed by atoms with Crippen molar-refractivity contribution in [3.05, 3.63) is 23.9 Å². The first-order valence-corrected chi connectivity index (χ1v) is 6.33. The zero-order valence-electron chi connectivity index (χ0n) is 8.78. The maximum Gasteiger partial charge on any atom is 0.231 e. The normalized spacial score (nSPS) is 10.3. The Labute approximate surface area is 110 Å². The molecule has 6 heteroatoms. The van der Waals surface area contributed by atoms with Crippen LogP contribution in [0.15, 0.2) is 18.2 Å². The van der Waals surface area contributed by atoms with Crippen LogP contribution in [0.1, 0.15) is 23.3 Å². The van der Waals surface area contributed by atoms with Crippen molar-refractivity contribution in [1.29, 1.82) is 0 Å². The Morgan fingerprint density at radius 1 is 1.25 bits per heavy atom. The highest BCUT2D eigenvalue weighted by atomic mass is 79.9. The predicted octanol–water partition coefficient (Wildman–Crippen LogP) is 2.77. The van der Waals surface area contributed by atoms with Crippen molar-refractivity contribution in [1.82, 2.24) is 4.98 Å². The summed E-state index contributed by atoms with van der Waals surface area (Å²) in [6.07, 6.45) is 0. The quantitative estimate of drug-likeness (QED) is 0.771. The number of carbonyl (C=O) groups is 2. The summed E-state index contributed by atoms with van der Waals surface area (Å²) in [5.74, 6) is -0.364. The summed E-state index contributed by atoms with van der Waals surface area (Å²) in [5, 5.41) is 0. The first-order chi connectivity index (χ1) is 7.43. The summed E-state index contributed by atoms with van der Waals surface area (Å²) >= 11 is 6.61. The van der Waals surface area contributed by atoms with E-state index in [9.17, 15) is 9.59 Å². The van der Waals surface area contributed by atoms with E-state index in [1.54, 1.807) is 18.2 Å². The van der Waals surface area contributed by atoms with E-state index in [4.69, 9.17) is 0 Å². The van der Waals surface area contributed by atoms with Crippen LogP contribution in [0.3, 0.4) is 0 Å². The lowest BCUT2D eigenvalue weighted by molar-refractivity contribution is -0.124. The van der Waals surface area contributed by atoms with Gasteiger partial charge in [-0.25, -0.2) is 9.88 Å². The molecule has 0 spiro atoms. The molecule has 86 valence electrons. The van der Waals surface area contributed by atoms with Gasteiger partial charge in [0, 0.05) is 13.8 Å². The Kier molecular flexibility index (Phi) is 4.61. The van der Waals surface area contributed by atoms with Gasteiger partial charge in [-0.3, -0.25) is 9.59 Å². The topological polar surface area (TPSA) is 50.3 Å². The summed E-state index contributed by atoms with van der Waals surface area (Å²) in [4.78, 5) is 27.9. The Balaban J connectivity index is 3.15. The van der Waals surface area contributed by atoms with Gasteiger partial charge in [-0.1, -0.05) is 37.9 Å². The minimum Gasteiger partial charge on any atom is -0.274 e. The van der Waals surface area contributed by atoms with Crippen LogP contribution in [0.4, 0.5) is 5.82 Å². The van der Waals surface area contributed by atoms with Gasteiger partial charge < -0.3 is 0 Å². The third kappa shape index (κ3) is 3.12. The summed E-state index contributed by atoms with van der Waals surface area (Å²) in [7, 11) is 0. The molecule has 0 unspecified atom stereocenters. The molecule has 1 rings (SSSR count). The van der Waals surface area contributed by atoms with Gasteiger partial charge in [-0.2, -0.15) is 0 Å². The van der Waals surface area contributed by atoms with Gasteiger partial charge in [0.05, 0.1) is 5.69 Å². The zero-order valence-corrected chi connectivity index (χ0v) is 11.9. The van der Waals surface area contributed by atoms with Crippen LogP contribution in [0, 0.1) is 0 Å². The van der Waals surface area contributed by atoms with Crippen molar-refractivity contribution in [2.45, 2.75) is 17.6 Å². The van der Waals surface area contributed by atoms with Crippen molar-refractivity contribution in [2.24, 2.45) is 0 Å². The van der Waals surface area contributed by atoms with Gasteiger partial charge in [-0.15, -0.1) is 0 Å². The molecule has 0 aliphatic carbocycles. The number of hydrogen-bond donors (Lipinski definition) is 0. The van der Waals surface area contributed by atoms with E-state index >= 15 is 0 Å². The second kappa shape index (κ2) is 5.54. The molecule has 0 aliphatic rings. The first-order valence-electron chi connectivity index (χ1n) is 4.50. The van der Waals surface area contributed by atoms with E-state index in [1.807, 2.05) is 0 Å². The minimum absolute atomic E-state index is 0.110. The number of nitrogens with zero attached hydrogens (tertiary/aromatic N) is 2. The molecule has 2 amide bonds. The lowest BCUT2D eigenvalue weighted by Gasteiger charge is -2.16. The molecule has 1 aromatic rings. The van der Waals surface area contributed by atoms with E-state index in [0.29, 0.717) is 11.5 Å². The number of pyridine rings is 1. The summed E-state index contributed by atoms with van der Waals surface area (Å²) in [6, 6.07) is 5.15. The van der Waals surface area contributed by atoms with Crippen LogP contribution in [0.5, 0.6) is 0 Å². The molecule has 0 fully saturated rings. The van der Waals surface area contributed by atoms with Crippen molar-refractivity contribution >= 4 is 49.5 Å². The number of alkyl halides is 2. The SMILES string of the molecule is CC(=O)N(C(C)=O)c1cccc(C(Br)Br)n1. The zero-order chi connectivity index (χ0) is 12.3. The van der Waals surface area contributed by atoms with E-state index < -0.39 is 0 Å². The molecule has 1 heterocycles. The average Bonchev–Trinajstić information content (AvgIpc) is 2.16. The molecule has 0 saturated carbocycles. The lowest BCUT2D eigenvalue weighted by Crippen LogP contribution is -2.33. The molecule has 0 radical (unpaired) electrons. The molecule has 0 N–H and O–H groups in total. The molecule has 0 atom stereocenters. The van der Waals surface area contributed by atoms with Gasteiger partial charge in [0.1, 0.15) is 9.55 Å². The fourth-order valence-corrected chi connectivity index (χ4v) is 1.74. The third-order valence-corrected chi connectivity index (χ3v) is 2.78. The number of rotatable bonds is 2. The second-order valence-electron chi connectivity index (χ2n) is 3.09. The summed E-state index contributed by atoms with van der Waals surface area (Å²) in [5.41, 5.74) is 0.699. The molecular weight excluding hydrogens is 340 g/mol. The number of aromatic nitrogens is 1. The van der Waals surface area contributed by atoms with Crippen molar-refractivity contribution in [3.8, 4) is 0 Å². The van der Waals surface area contributed by atoms with Crippen LogP contribution >= 0.6 is 31.9 Å². The smallest absolute Gasteiger partial charge is 0.231 e. The van der Waals surface area contributed by atoms with E-state index in [1.165, 1.54) is 13.8 Å². The molecule has 4 nitrogen and oxygen atoms in total. The molecule has 0 aromatic carbocycles. The number of amides is 2. The molecule has 0 saturated heterocycles. The van der Waals surface area contributed by atoms with Crippen molar-refractivity contribution < 1.29 is 9.59 Å². The number of halogens is 2. The summed E-state index contributed by atoms with van der Waals surface area (Å²) in [6.45, 7) is 2.66. The highest BCUT2D eigenvalue weighted by molar-refractivity contribution is 9.24. The third-order valence-electron chi connectivity index (χ3n) is 1.84. The number of imide groups is 1. The average molecular weight is 350 g/mol. The van der Waals surface area contributed by atoms with E-state index in [2.05, 4.69) is 36.8 Å². The van der Waals surface area contributed by atoms with Gasteiger partial charge in [0.2, 0.25) is 11.8 Å². The molecular formula is C10H10Br2N2O2. The van der Waals surface area contributed by atoms with Crippen LogP contribution in [-0.2, 0) is 9.59 Å². The van der Waals surface area contributed by atoms with Crippen LogP contribution in [0.25, 0.3) is 0 Å². The Hall–Kier alpha value is -0.750. The highest BCUT2D eigenvalue weighted by Gasteiger charge is 2.18. The van der Waals surface area contributed by atoms with Crippen LogP contribution in [0.2, 0.25) is 0 Å². The monoisotopic (exact) mass is 348 g/mol. The largest absolute Gasteiger partial charge is 0.274 e. The van der Waals surface area contributed by atoms with Crippen LogP contribution < -0.4 is 4.90 Å². The fourth-order valence-electron chi connectivity index (χ4n) is 1.23. The maximum atomic E-state index is 11.3. The van der Waals surface area contributed by atoms with Gasteiger partial charge >= 0.3 is 0 Å². The molecule has 1 aromatic heterocycles. The molecule has 0 bridgehead atoms. The van der Waals surface area contributed by atoms with E-state index in [0.717, 1.165) is 4.90 Å². The lowest BCUT2D eigenvalue weighted by atomic mass is 10.3. The minimum atomic E-state index is -0.349. The first kappa shape index (κ1) is 13.3. The maximum absolute atomic E-state index is 11.3. The summed E-state index contributed by atoms with van der Waals surface area (Å²) < 4.78 is -0.110. The van der Waals surface area contributed by atoms with Crippen molar-refractivity contribution in [3.63, 3.8) is 0 Å². The Bertz CT molecular complexity index is 407. The Morgan fingerprint density at radius 3 is 2.25 bits per heavy atom. The predicted molar refractivity (Wildman–Crippen MR) is 68.7 cm³/mol. The van der Waals surface area contributed by atoms with Crippen LogP contribution in [-0.4, -0.2) is 16.8 Å². The number of hydrogen-bond acceptors (Lipinski definition) is 3. The second-order valence-corrected chi connectivity index (χ2v) is 6.15. The number of anilines is 1. The highest BCUT2D eigenvalue weighted by Crippen LogP contribution is 2.28. The fraction of sp³-hybridized carbons (Fsp3) is 0.300.